The quantitative estimate of drug-likeness (QED) is 0.397. The molecule has 8 heteroatoms. The maximum atomic E-state index is 9.00. The van der Waals surface area contributed by atoms with Gasteiger partial charge in [0.1, 0.15) is 0 Å². The summed E-state index contributed by atoms with van der Waals surface area (Å²) in [5.41, 5.74) is 0. The fourth-order valence-corrected chi connectivity index (χ4v) is 0.838. The van der Waals surface area contributed by atoms with Crippen molar-refractivity contribution in [3.63, 3.8) is 0 Å². The van der Waals surface area contributed by atoms with E-state index in [1.807, 2.05) is 13.8 Å². The summed E-state index contributed by atoms with van der Waals surface area (Å²) < 4.78 is 0. The molecule has 0 aliphatic rings. The normalized spacial score (nSPS) is 9.71. The summed E-state index contributed by atoms with van der Waals surface area (Å²) in [6.07, 6.45) is -0.583. The maximum absolute atomic E-state index is 9.00. The predicted molar refractivity (Wildman–Crippen MR) is 53.0 cm³/mol. The van der Waals surface area contributed by atoms with Gasteiger partial charge in [0.2, 0.25) is 0 Å². The van der Waals surface area contributed by atoms with Gasteiger partial charge in [-0.3, -0.25) is 0 Å². The SMILES string of the molecule is CCN(CC)CC(O)CO.O=C[O-].O=C[O-].[Cu+2]. The van der Waals surface area contributed by atoms with Crippen LogP contribution in [0.2, 0.25) is 0 Å². The number of hydrogen-bond donors (Lipinski definition) is 2. The van der Waals surface area contributed by atoms with Crippen molar-refractivity contribution in [2.45, 2.75) is 20.0 Å². The van der Waals surface area contributed by atoms with Crippen LogP contribution in [0.5, 0.6) is 0 Å². The van der Waals surface area contributed by atoms with E-state index in [0.717, 1.165) is 13.1 Å². The van der Waals surface area contributed by atoms with Gasteiger partial charge in [-0.15, -0.1) is 0 Å². The van der Waals surface area contributed by atoms with Gasteiger partial charge in [0.25, 0.3) is 0 Å². The van der Waals surface area contributed by atoms with Crippen molar-refractivity contribution in [2.75, 3.05) is 26.2 Å². The first kappa shape index (κ1) is 25.3. The average molecular weight is 301 g/mol. The molecular formula is C9H19CuNO6. The summed E-state index contributed by atoms with van der Waals surface area (Å²) in [6, 6.07) is 0. The third kappa shape index (κ3) is 31.3. The van der Waals surface area contributed by atoms with E-state index >= 15 is 0 Å². The molecule has 0 rings (SSSR count). The third-order valence-electron chi connectivity index (χ3n) is 1.57. The standard InChI is InChI=1S/C7H17NO2.2CH2O2.Cu/c1-3-8(4-2)5-7(10)6-9;2*2-1-3;/h7,9-10H,3-6H2,1-2H3;2*1H,(H,2,3);/q;;;+2/p-2. The molecule has 2 N–H and O–H groups in total. The second-order valence-electron chi connectivity index (χ2n) is 2.51. The molecule has 0 aromatic rings. The molecular weight excluding hydrogens is 282 g/mol. The van der Waals surface area contributed by atoms with Crippen molar-refractivity contribution < 1.29 is 47.1 Å². The first-order valence-corrected chi connectivity index (χ1v) is 4.70. The molecule has 0 aliphatic carbocycles. The summed E-state index contributed by atoms with van der Waals surface area (Å²) >= 11 is 0. The van der Waals surface area contributed by atoms with E-state index in [-0.39, 0.29) is 23.7 Å². The van der Waals surface area contributed by atoms with Gasteiger partial charge in [-0.1, -0.05) is 13.8 Å². The molecule has 0 aromatic heterocycles. The van der Waals surface area contributed by atoms with Gasteiger partial charge in [-0.2, -0.15) is 0 Å². The van der Waals surface area contributed by atoms with Crippen molar-refractivity contribution in [3.05, 3.63) is 0 Å². The molecule has 7 nitrogen and oxygen atoms in total. The Balaban J connectivity index is -0.000000102. The van der Waals surface area contributed by atoms with Crippen LogP contribution in [-0.4, -0.2) is 60.4 Å². The van der Waals surface area contributed by atoms with Crippen LogP contribution in [-0.2, 0) is 26.7 Å². The number of rotatable bonds is 5. The molecule has 0 saturated heterocycles. The molecule has 0 fully saturated rings. The zero-order valence-corrected chi connectivity index (χ0v) is 10.8. The minimum Gasteiger partial charge on any atom is -0.554 e. The van der Waals surface area contributed by atoms with E-state index in [9.17, 15) is 0 Å². The van der Waals surface area contributed by atoms with Gasteiger partial charge in [0, 0.05) is 19.5 Å². The predicted octanol–water partition coefficient (Wildman–Crippen LogP) is -3.59. The molecule has 0 spiro atoms. The van der Waals surface area contributed by atoms with Gasteiger partial charge in [0.05, 0.1) is 12.7 Å². The minimum atomic E-state index is -0.583. The van der Waals surface area contributed by atoms with Crippen LogP contribution < -0.4 is 10.2 Å². The Bertz CT molecular complexity index is 139. The summed E-state index contributed by atoms with van der Waals surface area (Å²) in [5, 5.41) is 34.0. The van der Waals surface area contributed by atoms with E-state index < -0.39 is 19.0 Å². The van der Waals surface area contributed by atoms with Gasteiger partial charge in [-0.25, -0.2) is 0 Å². The molecule has 0 bridgehead atoms. The molecule has 0 aromatic carbocycles. The molecule has 0 saturated carbocycles. The van der Waals surface area contributed by atoms with Crippen LogP contribution in [0.1, 0.15) is 13.8 Å². The molecule has 1 atom stereocenters. The number of aliphatic hydroxyl groups excluding tert-OH is 2. The second-order valence-corrected chi connectivity index (χ2v) is 2.51. The van der Waals surface area contributed by atoms with E-state index in [0.29, 0.717) is 6.54 Å². The van der Waals surface area contributed by atoms with Crippen molar-refractivity contribution >= 4 is 12.9 Å². The van der Waals surface area contributed by atoms with Crippen LogP contribution in [0, 0.1) is 0 Å². The van der Waals surface area contributed by atoms with Crippen LogP contribution in [0.4, 0.5) is 0 Å². The van der Waals surface area contributed by atoms with Crippen LogP contribution in [0.25, 0.3) is 0 Å². The van der Waals surface area contributed by atoms with Crippen LogP contribution in [0.3, 0.4) is 0 Å². The van der Waals surface area contributed by atoms with Gasteiger partial charge >= 0.3 is 17.1 Å². The molecule has 0 aliphatic heterocycles. The van der Waals surface area contributed by atoms with E-state index in [1.165, 1.54) is 0 Å². The number of nitrogens with zero attached hydrogens (tertiary/aromatic N) is 1. The Morgan fingerprint density at radius 1 is 1.18 bits per heavy atom. The molecule has 1 unspecified atom stereocenters. The molecule has 1 radical (unpaired) electrons. The van der Waals surface area contributed by atoms with Crippen molar-refractivity contribution in [3.8, 4) is 0 Å². The fraction of sp³-hybridized carbons (Fsp3) is 0.778. The summed E-state index contributed by atoms with van der Waals surface area (Å²) in [7, 11) is 0. The molecule has 107 valence electrons. The average Bonchev–Trinajstić information content (AvgIpc) is 2.27. The smallest absolute Gasteiger partial charge is 0.554 e. The summed E-state index contributed by atoms with van der Waals surface area (Å²) in [4.78, 5) is 18.6. The first-order chi connectivity index (χ1) is 7.57. The van der Waals surface area contributed by atoms with Gasteiger partial charge < -0.3 is 34.9 Å². The monoisotopic (exact) mass is 300 g/mol. The van der Waals surface area contributed by atoms with Gasteiger partial charge in [-0.05, 0) is 13.1 Å². The Kier molecular flexibility index (Phi) is 36.4. The number of hydrogen-bond acceptors (Lipinski definition) is 7. The van der Waals surface area contributed by atoms with E-state index in [2.05, 4.69) is 4.90 Å². The number of likely N-dealkylation sites (N-methyl/N-ethyl adjacent to an activating group) is 1. The number of carbonyl (C=O) groups is 2. The number of carboxylic acid groups (broad SMARTS) is 2. The molecule has 17 heavy (non-hydrogen) atoms. The number of carbonyl (C=O) groups excluding carboxylic acids is 2. The minimum absolute atomic E-state index is 0. The number of aliphatic hydroxyl groups is 2. The first-order valence-electron chi connectivity index (χ1n) is 4.70. The molecule has 0 amide bonds. The Morgan fingerprint density at radius 3 is 1.65 bits per heavy atom. The second kappa shape index (κ2) is 24.5. The Hall–Kier alpha value is -0.661. The van der Waals surface area contributed by atoms with Gasteiger partial charge in [0.15, 0.2) is 0 Å². The summed E-state index contributed by atoms with van der Waals surface area (Å²) in [6.45, 7) is 5.35. The fourth-order valence-electron chi connectivity index (χ4n) is 0.838. The third-order valence-corrected chi connectivity index (χ3v) is 1.57. The maximum Gasteiger partial charge on any atom is 2.00 e. The van der Waals surface area contributed by atoms with Crippen molar-refractivity contribution in [2.24, 2.45) is 0 Å². The zero-order chi connectivity index (χ0) is 13.4. The van der Waals surface area contributed by atoms with Crippen LogP contribution in [0.15, 0.2) is 0 Å². The Morgan fingerprint density at radius 2 is 1.47 bits per heavy atom. The summed E-state index contributed by atoms with van der Waals surface area (Å²) in [5.74, 6) is 0. The zero-order valence-electron chi connectivity index (χ0n) is 9.84. The van der Waals surface area contributed by atoms with Crippen molar-refractivity contribution in [1.82, 2.24) is 4.90 Å². The topological polar surface area (TPSA) is 124 Å². The molecule has 0 heterocycles. The largest absolute Gasteiger partial charge is 2.00 e. The van der Waals surface area contributed by atoms with Crippen molar-refractivity contribution in [1.29, 1.82) is 0 Å². The van der Waals surface area contributed by atoms with Crippen LogP contribution >= 0.6 is 0 Å². The van der Waals surface area contributed by atoms with E-state index in [1.54, 1.807) is 0 Å². The van der Waals surface area contributed by atoms with E-state index in [4.69, 9.17) is 30.0 Å². The Labute approximate surface area is 112 Å².